The first kappa shape index (κ1) is 14.6. The second kappa shape index (κ2) is 6.60. The summed E-state index contributed by atoms with van der Waals surface area (Å²) in [5.74, 6) is 0.605. The number of halogens is 4. The van der Waals surface area contributed by atoms with Crippen molar-refractivity contribution < 1.29 is 9.13 Å². The largest absolute Gasteiger partial charge is 0.487 e. The smallest absolute Gasteiger partial charge is 0.138 e. The van der Waals surface area contributed by atoms with E-state index in [2.05, 4.69) is 15.9 Å². The van der Waals surface area contributed by atoms with Gasteiger partial charge in [-0.15, -0.1) is 11.6 Å². The molecular weight excluding hydrogens is 354 g/mol. The van der Waals surface area contributed by atoms with Gasteiger partial charge in [0.15, 0.2) is 0 Å². The summed E-state index contributed by atoms with van der Waals surface area (Å²) in [5, 5.41) is 0.477. The lowest BCUT2D eigenvalue weighted by Gasteiger charge is -2.12. The maximum Gasteiger partial charge on any atom is 0.138 e. The summed E-state index contributed by atoms with van der Waals surface area (Å²) >= 11 is 15.1. The van der Waals surface area contributed by atoms with Crippen molar-refractivity contribution in [2.75, 3.05) is 0 Å². The molecule has 2 aromatic carbocycles. The van der Waals surface area contributed by atoms with Crippen LogP contribution in [0.3, 0.4) is 0 Å². The molecule has 0 heterocycles. The molecule has 0 spiro atoms. The van der Waals surface area contributed by atoms with Gasteiger partial charge in [-0.1, -0.05) is 23.7 Å². The fraction of sp³-hybridized carbons (Fsp3) is 0.143. The van der Waals surface area contributed by atoms with Crippen LogP contribution in [0.1, 0.15) is 11.1 Å². The van der Waals surface area contributed by atoms with Gasteiger partial charge in [-0.05, 0) is 40.2 Å². The zero-order valence-corrected chi connectivity index (χ0v) is 12.9. The molecule has 0 N–H and O–H groups in total. The van der Waals surface area contributed by atoms with E-state index in [1.54, 1.807) is 6.07 Å². The van der Waals surface area contributed by atoms with Crippen molar-refractivity contribution in [1.82, 2.24) is 0 Å². The molecule has 0 unspecified atom stereocenters. The molecule has 1 nitrogen and oxygen atoms in total. The average Bonchev–Trinajstić information content (AvgIpc) is 2.40. The van der Waals surface area contributed by atoms with E-state index in [1.807, 2.05) is 18.2 Å². The molecule has 0 aliphatic carbocycles. The van der Waals surface area contributed by atoms with Gasteiger partial charge in [-0.3, -0.25) is 0 Å². The molecular formula is C14H10BrCl2FO. The van der Waals surface area contributed by atoms with E-state index in [0.717, 1.165) is 10.0 Å². The Hall–Kier alpha value is -0.770. The summed E-state index contributed by atoms with van der Waals surface area (Å²) in [6.07, 6.45) is 0. The molecule has 0 amide bonds. The van der Waals surface area contributed by atoms with E-state index < -0.39 is 0 Å². The predicted molar refractivity (Wildman–Crippen MR) is 79.4 cm³/mol. The van der Waals surface area contributed by atoms with Gasteiger partial charge in [0.05, 0.1) is 10.4 Å². The SMILES string of the molecule is Fc1ccc(Cl)cc1COc1c(Br)cccc1CCl. The summed E-state index contributed by atoms with van der Waals surface area (Å²) in [6.45, 7) is 0.0961. The highest BCUT2D eigenvalue weighted by molar-refractivity contribution is 9.10. The van der Waals surface area contributed by atoms with Crippen molar-refractivity contribution in [3.05, 3.63) is 62.8 Å². The number of hydrogen-bond donors (Lipinski definition) is 0. The molecule has 0 aliphatic heterocycles. The molecule has 0 atom stereocenters. The van der Waals surface area contributed by atoms with Gasteiger partial charge in [0.1, 0.15) is 18.2 Å². The van der Waals surface area contributed by atoms with Crippen LogP contribution in [0.25, 0.3) is 0 Å². The van der Waals surface area contributed by atoms with Crippen LogP contribution in [-0.4, -0.2) is 0 Å². The van der Waals surface area contributed by atoms with Crippen LogP contribution < -0.4 is 4.74 Å². The number of ether oxygens (including phenoxy) is 1. The molecule has 100 valence electrons. The highest BCUT2D eigenvalue weighted by Crippen LogP contribution is 2.31. The fourth-order valence-corrected chi connectivity index (χ4v) is 2.55. The molecule has 5 heteroatoms. The highest BCUT2D eigenvalue weighted by atomic mass is 79.9. The van der Waals surface area contributed by atoms with Crippen LogP contribution in [0.15, 0.2) is 40.9 Å². The Morgan fingerprint density at radius 1 is 1.16 bits per heavy atom. The van der Waals surface area contributed by atoms with E-state index in [1.165, 1.54) is 12.1 Å². The topological polar surface area (TPSA) is 9.23 Å². The van der Waals surface area contributed by atoms with Crippen LogP contribution in [-0.2, 0) is 12.5 Å². The van der Waals surface area contributed by atoms with Crippen LogP contribution in [0.2, 0.25) is 5.02 Å². The molecule has 0 aromatic heterocycles. The molecule has 2 aromatic rings. The standard InChI is InChI=1S/C14H10BrCl2FO/c15-12-3-1-2-9(7-16)14(12)19-8-10-6-11(17)4-5-13(10)18/h1-6H,7-8H2. The lowest BCUT2D eigenvalue weighted by atomic mass is 10.2. The molecule has 0 radical (unpaired) electrons. The first-order valence-electron chi connectivity index (χ1n) is 5.52. The average molecular weight is 364 g/mol. The van der Waals surface area contributed by atoms with E-state index >= 15 is 0 Å². The minimum atomic E-state index is -0.344. The third kappa shape index (κ3) is 3.62. The van der Waals surface area contributed by atoms with Crippen LogP contribution in [0, 0.1) is 5.82 Å². The van der Waals surface area contributed by atoms with Gasteiger partial charge in [-0.25, -0.2) is 4.39 Å². The van der Waals surface area contributed by atoms with Gasteiger partial charge in [-0.2, -0.15) is 0 Å². The molecule has 2 rings (SSSR count). The maximum absolute atomic E-state index is 13.6. The van der Waals surface area contributed by atoms with Gasteiger partial charge in [0.2, 0.25) is 0 Å². The fourth-order valence-electron chi connectivity index (χ4n) is 1.62. The number of alkyl halides is 1. The normalized spacial score (nSPS) is 10.5. The van der Waals surface area contributed by atoms with Gasteiger partial charge >= 0.3 is 0 Å². The minimum Gasteiger partial charge on any atom is -0.487 e. The Labute approximate surface area is 129 Å². The summed E-state index contributed by atoms with van der Waals surface area (Å²) in [4.78, 5) is 0. The van der Waals surface area contributed by atoms with Gasteiger partial charge in [0, 0.05) is 16.1 Å². The number of hydrogen-bond acceptors (Lipinski definition) is 1. The Morgan fingerprint density at radius 3 is 2.68 bits per heavy atom. The molecule has 0 saturated heterocycles. The number of benzene rings is 2. The Morgan fingerprint density at radius 2 is 1.95 bits per heavy atom. The second-order valence-electron chi connectivity index (χ2n) is 3.89. The number of para-hydroxylation sites is 1. The zero-order valence-electron chi connectivity index (χ0n) is 9.80. The third-order valence-electron chi connectivity index (χ3n) is 2.57. The van der Waals surface area contributed by atoms with Crippen molar-refractivity contribution >= 4 is 39.1 Å². The molecule has 0 saturated carbocycles. The van der Waals surface area contributed by atoms with Crippen LogP contribution >= 0.6 is 39.1 Å². The van der Waals surface area contributed by atoms with Crippen molar-refractivity contribution in [3.63, 3.8) is 0 Å². The van der Waals surface area contributed by atoms with E-state index in [4.69, 9.17) is 27.9 Å². The maximum atomic E-state index is 13.6. The predicted octanol–water partition coefficient (Wildman–Crippen LogP) is 5.56. The minimum absolute atomic E-state index is 0.0961. The van der Waals surface area contributed by atoms with Gasteiger partial charge in [0.25, 0.3) is 0 Å². The zero-order chi connectivity index (χ0) is 13.8. The lowest BCUT2D eigenvalue weighted by molar-refractivity contribution is 0.295. The molecule has 19 heavy (non-hydrogen) atoms. The van der Waals surface area contributed by atoms with Crippen molar-refractivity contribution in [1.29, 1.82) is 0 Å². The third-order valence-corrected chi connectivity index (χ3v) is 3.72. The summed E-state index contributed by atoms with van der Waals surface area (Å²) in [5.41, 5.74) is 1.25. The second-order valence-corrected chi connectivity index (χ2v) is 5.44. The van der Waals surface area contributed by atoms with Crippen molar-refractivity contribution in [2.24, 2.45) is 0 Å². The molecule has 0 fully saturated rings. The van der Waals surface area contributed by atoms with E-state index in [-0.39, 0.29) is 12.4 Å². The van der Waals surface area contributed by atoms with Crippen molar-refractivity contribution in [2.45, 2.75) is 12.5 Å². The first-order valence-corrected chi connectivity index (χ1v) is 7.22. The van der Waals surface area contributed by atoms with Crippen molar-refractivity contribution in [3.8, 4) is 5.75 Å². The highest BCUT2D eigenvalue weighted by Gasteiger charge is 2.09. The molecule has 0 aliphatic rings. The molecule has 0 bridgehead atoms. The Kier molecular flexibility index (Phi) is 5.08. The quantitative estimate of drug-likeness (QED) is 0.646. The summed E-state index contributed by atoms with van der Waals surface area (Å²) < 4.78 is 20.0. The van der Waals surface area contributed by atoms with Crippen LogP contribution in [0.5, 0.6) is 5.75 Å². The van der Waals surface area contributed by atoms with Gasteiger partial charge < -0.3 is 4.74 Å². The monoisotopic (exact) mass is 362 g/mol. The Balaban J connectivity index is 2.21. The van der Waals surface area contributed by atoms with Crippen LogP contribution in [0.4, 0.5) is 4.39 Å². The summed E-state index contributed by atoms with van der Waals surface area (Å²) in [6, 6.07) is 9.95. The first-order chi connectivity index (χ1) is 9.11. The summed E-state index contributed by atoms with van der Waals surface area (Å²) in [7, 11) is 0. The van der Waals surface area contributed by atoms with E-state index in [0.29, 0.717) is 22.2 Å². The lowest BCUT2D eigenvalue weighted by Crippen LogP contribution is -2.01. The Bertz CT molecular complexity index is 590. The van der Waals surface area contributed by atoms with E-state index in [9.17, 15) is 4.39 Å². The number of rotatable bonds is 4.